The number of nitrogens with one attached hydrogen (secondary N) is 1. The van der Waals surface area contributed by atoms with Crippen molar-refractivity contribution < 1.29 is 4.79 Å². The summed E-state index contributed by atoms with van der Waals surface area (Å²) in [7, 11) is 0. The second-order valence-electron chi connectivity index (χ2n) is 3.42. The third kappa shape index (κ3) is 2.74. The number of hydrogen-bond acceptors (Lipinski definition) is 1. The largest absolute Gasteiger partial charge is 0.325 e. The molecule has 1 aromatic carbocycles. The molecule has 0 radical (unpaired) electrons. The molecule has 0 spiro atoms. The lowest BCUT2D eigenvalue weighted by molar-refractivity contribution is -0.115. The van der Waals surface area contributed by atoms with Gasteiger partial charge in [-0.25, -0.2) is 0 Å². The van der Waals surface area contributed by atoms with Gasteiger partial charge in [0.25, 0.3) is 0 Å². The van der Waals surface area contributed by atoms with Gasteiger partial charge >= 0.3 is 0 Å². The molecule has 1 atom stereocenters. The number of carbonyl (C=O) groups excluding carboxylic acids is 1. The van der Waals surface area contributed by atoms with Crippen LogP contribution in [0.15, 0.2) is 18.2 Å². The molecule has 76 valence electrons. The Balaban J connectivity index is 2.86. The van der Waals surface area contributed by atoms with Crippen molar-refractivity contribution in [3.8, 4) is 0 Å². The summed E-state index contributed by atoms with van der Waals surface area (Å²) in [6.45, 7) is 5.59. The molecule has 0 aliphatic rings. The van der Waals surface area contributed by atoms with Crippen molar-refractivity contribution in [2.24, 2.45) is 0 Å². The number of halogens is 1. The molecule has 0 bridgehead atoms. The molecule has 0 unspecified atom stereocenters. The molecule has 0 aliphatic heterocycles. The first-order valence-corrected chi connectivity index (χ1v) is 4.96. The molecular formula is C11H14ClNO. The molecule has 0 fully saturated rings. The smallest absolute Gasteiger partial charge is 0.242 e. The van der Waals surface area contributed by atoms with Crippen molar-refractivity contribution in [1.29, 1.82) is 0 Å². The quantitative estimate of drug-likeness (QED) is 0.749. The van der Waals surface area contributed by atoms with Crippen molar-refractivity contribution in [3.05, 3.63) is 29.3 Å². The molecule has 2 nitrogen and oxygen atoms in total. The summed E-state index contributed by atoms with van der Waals surface area (Å²) < 4.78 is 0. The Bertz CT molecular complexity index is 347. The first-order valence-electron chi connectivity index (χ1n) is 4.53. The summed E-state index contributed by atoms with van der Waals surface area (Å²) >= 11 is 5.66. The fourth-order valence-corrected chi connectivity index (χ4v) is 1.16. The van der Waals surface area contributed by atoms with Gasteiger partial charge in [0.05, 0.1) is 0 Å². The number of carbonyl (C=O) groups is 1. The minimum Gasteiger partial charge on any atom is -0.325 e. The van der Waals surface area contributed by atoms with Gasteiger partial charge in [-0.1, -0.05) is 12.1 Å². The minimum absolute atomic E-state index is 0.166. The predicted octanol–water partition coefficient (Wildman–Crippen LogP) is 2.87. The van der Waals surface area contributed by atoms with E-state index in [1.54, 1.807) is 6.92 Å². The molecular weight excluding hydrogens is 198 g/mol. The van der Waals surface area contributed by atoms with E-state index < -0.39 is 5.38 Å². The predicted molar refractivity (Wildman–Crippen MR) is 59.9 cm³/mol. The second-order valence-corrected chi connectivity index (χ2v) is 4.08. The third-order valence-corrected chi connectivity index (χ3v) is 2.21. The molecule has 0 saturated heterocycles. The third-order valence-electron chi connectivity index (χ3n) is 2.01. The van der Waals surface area contributed by atoms with Crippen LogP contribution in [0, 0.1) is 13.8 Å². The zero-order chi connectivity index (χ0) is 10.7. The highest BCUT2D eigenvalue weighted by Gasteiger charge is 2.10. The van der Waals surface area contributed by atoms with Gasteiger partial charge in [-0.3, -0.25) is 4.79 Å². The summed E-state index contributed by atoms with van der Waals surface area (Å²) in [5.74, 6) is -0.166. The number of anilines is 1. The second kappa shape index (κ2) is 4.47. The summed E-state index contributed by atoms with van der Waals surface area (Å²) in [5.41, 5.74) is 3.00. The lowest BCUT2D eigenvalue weighted by Gasteiger charge is -2.10. The van der Waals surface area contributed by atoms with E-state index >= 15 is 0 Å². The molecule has 0 aliphatic carbocycles. The average Bonchev–Trinajstić information content (AvgIpc) is 2.11. The van der Waals surface area contributed by atoms with E-state index in [4.69, 9.17) is 11.6 Å². The topological polar surface area (TPSA) is 29.1 Å². The number of benzene rings is 1. The first kappa shape index (κ1) is 11.1. The molecule has 14 heavy (non-hydrogen) atoms. The van der Waals surface area contributed by atoms with Crippen LogP contribution in [0.1, 0.15) is 18.1 Å². The van der Waals surface area contributed by atoms with E-state index in [0.717, 1.165) is 16.8 Å². The van der Waals surface area contributed by atoms with Crippen molar-refractivity contribution in [1.82, 2.24) is 0 Å². The fourth-order valence-electron chi connectivity index (χ4n) is 1.10. The van der Waals surface area contributed by atoms with Crippen LogP contribution in [0.5, 0.6) is 0 Å². The Morgan fingerprint density at radius 1 is 1.43 bits per heavy atom. The maximum atomic E-state index is 11.3. The summed E-state index contributed by atoms with van der Waals surface area (Å²) in [6, 6.07) is 5.92. The molecule has 0 aromatic heterocycles. The number of rotatable bonds is 2. The standard InChI is InChI=1S/C11H14ClNO/c1-7-4-5-8(2)10(6-7)13-11(14)9(3)12/h4-6,9H,1-3H3,(H,13,14)/t9-/m0/s1. The number of aryl methyl sites for hydroxylation is 2. The van der Waals surface area contributed by atoms with Crippen molar-refractivity contribution in [3.63, 3.8) is 0 Å². The molecule has 1 amide bonds. The Morgan fingerprint density at radius 2 is 2.07 bits per heavy atom. The fraction of sp³-hybridized carbons (Fsp3) is 0.364. The van der Waals surface area contributed by atoms with E-state index in [1.807, 2.05) is 32.0 Å². The minimum atomic E-state index is -0.505. The average molecular weight is 212 g/mol. The number of amides is 1. The summed E-state index contributed by atoms with van der Waals surface area (Å²) in [4.78, 5) is 11.3. The lowest BCUT2D eigenvalue weighted by atomic mass is 10.1. The summed E-state index contributed by atoms with van der Waals surface area (Å²) in [5, 5.41) is 2.27. The molecule has 3 heteroatoms. The highest BCUT2D eigenvalue weighted by molar-refractivity contribution is 6.32. The van der Waals surface area contributed by atoms with Crippen LogP contribution in [0.3, 0.4) is 0 Å². The monoisotopic (exact) mass is 211 g/mol. The zero-order valence-corrected chi connectivity index (χ0v) is 9.35. The normalized spacial score (nSPS) is 12.3. The Hall–Kier alpha value is -1.02. The number of alkyl halides is 1. The van der Waals surface area contributed by atoms with Crippen molar-refractivity contribution >= 4 is 23.2 Å². The van der Waals surface area contributed by atoms with E-state index in [1.165, 1.54) is 0 Å². The Labute approximate surface area is 89.3 Å². The highest BCUT2D eigenvalue weighted by atomic mass is 35.5. The molecule has 0 heterocycles. The van der Waals surface area contributed by atoms with Gasteiger partial charge < -0.3 is 5.32 Å². The van der Waals surface area contributed by atoms with Gasteiger partial charge in [-0.05, 0) is 38.0 Å². The van der Waals surface area contributed by atoms with Crippen LogP contribution >= 0.6 is 11.6 Å². The maximum absolute atomic E-state index is 11.3. The first-order chi connectivity index (χ1) is 6.50. The summed E-state index contributed by atoms with van der Waals surface area (Å²) in [6.07, 6.45) is 0. The number of hydrogen-bond donors (Lipinski definition) is 1. The van der Waals surface area contributed by atoms with Crippen LogP contribution in [0.4, 0.5) is 5.69 Å². The lowest BCUT2D eigenvalue weighted by Crippen LogP contribution is -2.20. The van der Waals surface area contributed by atoms with Crippen molar-refractivity contribution in [2.45, 2.75) is 26.1 Å². The van der Waals surface area contributed by atoms with Crippen LogP contribution in [-0.2, 0) is 4.79 Å². The molecule has 1 aromatic rings. The van der Waals surface area contributed by atoms with E-state index in [0.29, 0.717) is 0 Å². The van der Waals surface area contributed by atoms with Crippen LogP contribution in [-0.4, -0.2) is 11.3 Å². The molecule has 1 N–H and O–H groups in total. The van der Waals surface area contributed by atoms with E-state index in [2.05, 4.69) is 5.32 Å². The molecule has 1 rings (SSSR count). The maximum Gasteiger partial charge on any atom is 0.242 e. The van der Waals surface area contributed by atoms with Gasteiger partial charge in [-0.15, -0.1) is 11.6 Å². The molecule has 0 saturated carbocycles. The highest BCUT2D eigenvalue weighted by Crippen LogP contribution is 2.16. The van der Waals surface area contributed by atoms with Gasteiger partial charge in [0, 0.05) is 5.69 Å². The SMILES string of the molecule is Cc1ccc(C)c(NC(=O)[C@H](C)Cl)c1. The van der Waals surface area contributed by atoms with Gasteiger partial charge in [0.2, 0.25) is 5.91 Å². The van der Waals surface area contributed by atoms with Crippen LogP contribution in [0.25, 0.3) is 0 Å². The van der Waals surface area contributed by atoms with Gasteiger partial charge in [0.1, 0.15) is 5.38 Å². The van der Waals surface area contributed by atoms with Gasteiger partial charge in [0.15, 0.2) is 0 Å². The van der Waals surface area contributed by atoms with Crippen molar-refractivity contribution in [2.75, 3.05) is 5.32 Å². The zero-order valence-electron chi connectivity index (χ0n) is 8.60. The van der Waals surface area contributed by atoms with Crippen LogP contribution in [0.2, 0.25) is 0 Å². The van der Waals surface area contributed by atoms with Gasteiger partial charge in [-0.2, -0.15) is 0 Å². The van der Waals surface area contributed by atoms with E-state index in [-0.39, 0.29) is 5.91 Å². The Morgan fingerprint density at radius 3 is 2.64 bits per heavy atom. The van der Waals surface area contributed by atoms with E-state index in [9.17, 15) is 4.79 Å². The Kier molecular flexibility index (Phi) is 3.53. The van der Waals surface area contributed by atoms with Crippen LogP contribution < -0.4 is 5.32 Å².